The SMILES string of the molecule is CC(C)c1ccc(NC(=O)Cn2c(=O)nc(-c3ccccc3F)c3cc(Cl)ccc32)cc1. The highest BCUT2D eigenvalue weighted by Crippen LogP contribution is 2.29. The standard InChI is InChI=1S/C25H21ClFN3O2/c1-15(2)16-7-10-18(11-8-16)28-23(31)14-30-22-12-9-17(26)13-20(22)24(29-25(30)32)19-5-3-4-6-21(19)27/h3-13,15H,14H2,1-2H3,(H,28,31). The van der Waals surface area contributed by atoms with Gasteiger partial charge in [0.25, 0.3) is 0 Å². The molecule has 162 valence electrons. The van der Waals surface area contributed by atoms with Crippen molar-refractivity contribution < 1.29 is 9.18 Å². The van der Waals surface area contributed by atoms with E-state index in [9.17, 15) is 14.0 Å². The van der Waals surface area contributed by atoms with Gasteiger partial charge in [-0.3, -0.25) is 9.36 Å². The molecule has 32 heavy (non-hydrogen) atoms. The van der Waals surface area contributed by atoms with Crippen molar-refractivity contribution in [3.8, 4) is 11.3 Å². The summed E-state index contributed by atoms with van der Waals surface area (Å²) in [5.74, 6) is -0.488. The Bertz CT molecular complexity index is 1360. The third-order valence-corrected chi connectivity index (χ3v) is 5.47. The van der Waals surface area contributed by atoms with Crippen molar-refractivity contribution in [2.24, 2.45) is 0 Å². The molecule has 5 nitrogen and oxygen atoms in total. The molecule has 0 saturated heterocycles. The van der Waals surface area contributed by atoms with E-state index in [1.165, 1.54) is 10.6 Å². The van der Waals surface area contributed by atoms with E-state index in [1.807, 2.05) is 24.3 Å². The van der Waals surface area contributed by atoms with Gasteiger partial charge in [-0.15, -0.1) is 0 Å². The second kappa shape index (κ2) is 8.93. The van der Waals surface area contributed by atoms with Crippen molar-refractivity contribution >= 4 is 34.1 Å². The maximum Gasteiger partial charge on any atom is 0.349 e. The molecular formula is C25H21ClFN3O2. The van der Waals surface area contributed by atoms with Gasteiger partial charge in [0.15, 0.2) is 0 Å². The van der Waals surface area contributed by atoms with Crippen molar-refractivity contribution in [2.75, 3.05) is 5.32 Å². The van der Waals surface area contributed by atoms with Crippen molar-refractivity contribution in [3.05, 3.63) is 93.6 Å². The lowest BCUT2D eigenvalue weighted by Crippen LogP contribution is -2.30. The zero-order chi connectivity index (χ0) is 22.8. The van der Waals surface area contributed by atoms with Crippen molar-refractivity contribution in [2.45, 2.75) is 26.3 Å². The summed E-state index contributed by atoms with van der Waals surface area (Å²) in [6.45, 7) is 3.94. The first-order chi connectivity index (χ1) is 15.3. The predicted molar refractivity (Wildman–Crippen MR) is 126 cm³/mol. The molecule has 1 aromatic heterocycles. The molecule has 0 aliphatic carbocycles. The molecule has 0 spiro atoms. The molecule has 0 atom stereocenters. The summed E-state index contributed by atoms with van der Waals surface area (Å²) in [5.41, 5.74) is 1.97. The summed E-state index contributed by atoms with van der Waals surface area (Å²) in [6.07, 6.45) is 0. The highest BCUT2D eigenvalue weighted by atomic mass is 35.5. The van der Waals surface area contributed by atoms with Crippen LogP contribution in [0.25, 0.3) is 22.2 Å². The molecule has 0 aliphatic heterocycles. The number of hydrogen-bond acceptors (Lipinski definition) is 3. The fraction of sp³-hybridized carbons (Fsp3) is 0.160. The molecule has 0 saturated carbocycles. The quantitative estimate of drug-likeness (QED) is 0.430. The van der Waals surface area contributed by atoms with E-state index in [0.29, 0.717) is 27.5 Å². The first-order valence-electron chi connectivity index (χ1n) is 10.2. The molecule has 4 aromatic rings. The Balaban J connectivity index is 1.71. The number of carbonyl (C=O) groups is 1. The molecule has 0 aliphatic rings. The predicted octanol–water partition coefficient (Wildman–Crippen LogP) is 5.62. The lowest BCUT2D eigenvalue weighted by atomic mass is 10.0. The maximum atomic E-state index is 14.4. The second-order valence-corrected chi connectivity index (χ2v) is 8.23. The lowest BCUT2D eigenvalue weighted by molar-refractivity contribution is -0.116. The van der Waals surface area contributed by atoms with Crippen molar-refractivity contribution in [1.29, 1.82) is 0 Å². The van der Waals surface area contributed by atoms with Gasteiger partial charge in [-0.1, -0.05) is 49.7 Å². The molecule has 4 rings (SSSR count). The Morgan fingerprint density at radius 3 is 2.50 bits per heavy atom. The number of hydrogen-bond donors (Lipinski definition) is 1. The van der Waals surface area contributed by atoms with E-state index in [1.54, 1.807) is 36.4 Å². The number of rotatable bonds is 5. The van der Waals surface area contributed by atoms with Gasteiger partial charge in [-0.2, -0.15) is 4.98 Å². The fourth-order valence-corrected chi connectivity index (χ4v) is 3.73. The van der Waals surface area contributed by atoms with Gasteiger partial charge in [-0.25, -0.2) is 9.18 Å². The minimum absolute atomic E-state index is 0.187. The van der Waals surface area contributed by atoms with Gasteiger partial charge in [0.05, 0.1) is 11.2 Å². The molecular weight excluding hydrogens is 429 g/mol. The van der Waals surface area contributed by atoms with Crippen LogP contribution in [0.2, 0.25) is 5.02 Å². The zero-order valence-electron chi connectivity index (χ0n) is 17.6. The number of halogens is 2. The van der Waals surface area contributed by atoms with Crippen LogP contribution in [0.1, 0.15) is 25.3 Å². The largest absolute Gasteiger partial charge is 0.349 e. The Morgan fingerprint density at radius 1 is 1.09 bits per heavy atom. The summed E-state index contributed by atoms with van der Waals surface area (Å²) >= 11 is 6.17. The number of aromatic nitrogens is 2. The van der Waals surface area contributed by atoms with E-state index in [2.05, 4.69) is 24.1 Å². The molecule has 3 aromatic carbocycles. The third kappa shape index (κ3) is 4.41. The molecule has 0 bridgehead atoms. The van der Waals surface area contributed by atoms with Crippen LogP contribution in [-0.2, 0) is 11.3 Å². The molecule has 1 heterocycles. The minimum Gasteiger partial charge on any atom is -0.325 e. The number of fused-ring (bicyclic) bond motifs is 1. The summed E-state index contributed by atoms with van der Waals surface area (Å²) in [6, 6.07) is 18.5. The first-order valence-corrected chi connectivity index (χ1v) is 10.6. The van der Waals surface area contributed by atoms with Crippen molar-refractivity contribution in [1.82, 2.24) is 9.55 Å². The summed E-state index contributed by atoms with van der Waals surface area (Å²) in [5, 5.41) is 3.70. The summed E-state index contributed by atoms with van der Waals surface area (Å²) < 4.78 is 15.7. The van der Waals surface area contributed by atoms with Gasteiger partial charge in [0, 0.05) is 21.7 Å². The van der Waals surface area contributed by atoms with Gasteiger partial charge < -0.3 is 5.32 Å². The highest BCUT2D eigenvalue weighted by molar-refractivity contribution is 6.31. The zero-order valence-corrected chi connectivity index (χ0v) is 18.4. The summed E-state index contributed by atoms with van der Waals surface area (Å²) in [4.78, 5) is 29.6. The van der Waals surface area contributed by atoms with Crippen LogP contribution in [0.3, 0.4) is 0 Å². The number of benzene rings is 3. The molecule has 0 fully saturated rings. The average Bonchev–Trinajstić information content (AvgIpc) is 2.76. The van der Waals surface area contributed by atoms with Gasteiger partial charge in [-0.05, 0) is 53.9 Å². The molecule has 7 heteroatoms. The molecule has 1 amide bonds. The average molecular weight is 450 g/mol. The Labute approximate surface area is 189 Å². The van der Waals surface area contributed by atoms with E-state index in [0.717, 1.165) is 5.56 Å². The second-order valence-electron chi connectivity index (χ2n) is 7.80. The monoisotopic (exact) mass is 449 g/mol. The Kier molecular flexibility index (Phi) is 6.06. The summed E-state index contributed by atoms with van der Waals surface area (Å²) in [7, 11) is 0. The van der Waals surface area contributed by atoms with Crippen LogP contribution in [-0.4, -0.2) is 15.5 Å². The minimum atomic E-state index is -0.650. The normalized spacial score (nSPS) is 11.2. The van der Waals surface area contributed by atoms with E-state index in [-0.39, 0.29) is 23.7 Å². The number of amides is 1. The number of nitrogens with zero attached hydrogens (tertiary/aromatic N) is 2. The van der Waals surface area contributed by atoms with Crippen molar-refractivity contribution in [3.63, 3.8) is 0 Å². The van der Waals surface area contributed by atoms with Crippen LogP contribution >= 0.6 is 11.6 Å². The third-order valence-electron chi connectivity index (χ3n) is 5.23. The Hall–Kier alpha value is -3.51. The topological polar surface area (TPSA) is 64.0 Å². The van der Waals surface area contributed by atoms with E-state index in [4.69, 9.17) is 11.6 Å². The maximum absolute atomic E-state index is 14.4. The molecule has 0 unspecified atom stereocenters. The first kappa shape index (κ1) is 21.7. The number of nitrogens with one attached hydrogen (secondary N) is 1. The molecule has 1 N–H and O–H groups in total. The molecule has 0 radical (unpaired) electrons. The fourth-order valence-electron chi connectivity index (χ4n) is 3.56. The van der Waals surface area contributed by atoms with Crippen LogP contribution in [0, 0.1) is 5.82 Å². The van der Waals surface area contributed by atoms with Crippen LogP contribution in [0.15, 0.2) is 71.5 Å². The van der Waals surface area contributed by atoms with Gasteiger partial charge >= 0.3 is 5.69 Å². The van der Waals surface area contributed by atoms with Gasteiger partial charge in [0.1, 0.15) is 12.4 Å². The van der Waals surface area contributed by atoms with E-state index >= 15 is 0 Å². The van der Waals surface area contributed by atoms with Gasteiger partial charge in [0.2, 0.25) is 5.91 Å². The number of anilines is 1. The highest BCUT2D eigenvalue weighted by Gasteiger charge is 2.17. The van der Waals surface area contributed by atoms with E-state index < -0.39 is 11.5 Å². The van der Waals surface area contributed by atoms with Crippen LogP contribution < -0.4 is 11.0 Å². The number of carbonyl (C=O) groups excluding carboxylic acids is 1. The van der Waals surface area contributed by atoms with Crippen LogP contribution in [0.4, 0.5) is 10.1 Å². The Morgan fingerprint density at radius 2 is 1.81 bits per heavy atom. The van der Waals surface area contributed by atoms with Crippen LogP contribution in [0.5, 0.6) is 0 Å². The smallest absolute Gasteiger partial charge is 0.325 e. The lowest BCUT2D eigenvalue weighted by Gasteiger charge is -2.14.